The molecule has 0 bridgehead atoms. The number of hydrogen-bond acceptors (Lipinski definition) is 1. The van der Waals surface area contributed by atoms with E-state index < -0.39 is 17.5 Å². The molecule has 1 amide bonds. The maximum absolute atomic E-state index is 13.9. The number of benzene rings is 2. The Balaban J connectivity index is 2.40. The van der Waals surface area contributed by atoms with Crippen molar-refractivity contribution in [2.24, 2.45) is 0 Å². The lowest BCUT2D eigenvalue weighted by atomic mass is 10.1. The van der Waals surface area contributed by atoms with Crippen molar-refractivity contribution >= 4 is 11.6 Å². The third kappa shape index (κ3) is 2.47. The number of carbonyl (C=O) groups is 1. The summed E-state index contributed by atoms with van der Waals surface area (Å²) in [6, 6.07) is 10.4. The molecule has 2 aromatic carbocycles. The summed E-state index contributed by atoms with van der Waals surface area (Å²) in [5.41, 5.74) is 0.437. The summed E-state index contributed by atoms with van der Waals surface area (Å²) in [6.07, 6.45) is 0. The van der Waals surface area contributed by atoms with Gasteiger partial charge in [-0.2, -0.15) is 0 Å². The highest BCUT2D eigenvalue weighted by Crippen LogP contribution is 2.21. The first-order valence-corrected chi connectivity index (χ1v) is 5.80. The molecule has 0 saturated heterocycles. The molecule has 0 saturated carbocycles. The van der Waals surface area contributed by atoms with Crippen molar-refractivity contribution in [1.82, 2.24) is 0 Å². The van der Waals surface area contributed by atoms with Crippen LogP contribution in [0.1, 0.15) is 15.9 Å². The van der Waals surface area contributed by atoms with Crippen LogP contribution >= 0.6 is 0 Å². The number of para-hydroxylation sites is 1. The van der Waals surface area contributed by atoms with Crippen molar-refractivity contribution in [3.05, 3.63) is 65.2 Å². The number of halogens is 2. The fourth-order valence-electron chi connectivity index (χ4n) is 1.83. The quantitative estimate of drug-likeness (QED) is 0.809. The average Bonchev–Trinajstić information content (AvgIpc) is 2.41. The molecule has 0 aliphatic rings. The van der Waals surface area contributed by atoms with E-state index in [1.165, 1.54) is 31.3 Å². The molecule has 0 atom stereocenters. The van der Waals surface area contributed by atoms with Crippen LogP contribution in [0.5, 0.6) is 0 Å². The molecular weight excluding hydrogens is 248 g/mol. The van der Waals surface area contributed by atoms with Crippen LogP contribution in [0.3, 0.4) is 0 Å². The molecule has 0 N–H and O–H groups in total. The van der Waals surface area contributed by atoms with Crippen LogP contribution in [0.15, 0.2) is 42.5 Å². The monoisotopic (exact) mass is 261 g/mol. The van der Waals surface area contributed by atoms with Crippen molar-refractivity contribution in [2.45, 2.75) is 6.92 Å². The highest BCUT2D eigenvalue weighted by Gasteiger charge is 2.20. The summed E-state index contributed by atoms with van der Waals surface area (Å²) < 4.78 is 27.5. The Morgan fingerprint density at radius 1 is 1.05 bits per heavy atom. The van der Waals surface area contributed by atoms with Crippen LogP contribution in [0.4, 0.5) is 14.5 Å². The van der Waals surface area contributed by atoms with Gasteiger partial charge in [-0.15, -0.1) is 0 Å². The lowest BCUT2D eigenvalue weighted by Crippen LogP contribution is -2.28. The van der Waals surface area contributed by atoms with Gasteiger partial charge in [-0.1, -0.05) is 24.3 Å². The molecule has 19 heavy (non-hydrogen) atoms. The Kier molecular flexibility index (Phi) is 3.60. The highest BCUT2D eigenvalue weighted by molar-refractivity contribution is 6.06. The van der Waals surface area contributed by atoms with Gasteiger partial charge in [-0.25, -0.2) is 8.78 Å². The third-order valence-corrected chi connectivity index (χ3v) is 2.94. The number of nitrogens with zero attached hydrogens (tertiary/aromatic N) is 1. The second kappa shape index (κ2) is 5.18. The molecule has 0 aromatic heterocycles. The molecule has 2 aromatic rings. The molecule has 0 fully saturated rings. The fraction of sp³-hybridized carbons (Fsp3) is 0.133. The van der Waals surface area contributed by atoms with E-state index in [1.54, 1.807) is 25.1 Å². The van der Waals surface area contributed by atoms with Gasteiger partial charge >= 0.3 is 0 Å². The SMILES string of the molecule is Cc1cccc(C(=O)N(C)c2ccccc2F)c1F. The molecular formula is C15H13F2NO. The first-order valence-electron chi connectivity index (χ1n) is 5.80. The zero-order chi connectivity index (χ0) is 14.0. The number of anilines is 1. The Labute approximate surface area is 110 Å². The highest BCUT2D eigenvalue weighted by atomic mass is 19.1. The predicted octanol–water partition coefficient (Wildman–Crippen LogP) is 3.55. The van der Waals surface area contributed by atoms with Gasteiger partial charge < -0.3 is 4.90 Å². The van der Waals surface area contributed by atoms with Gasteiger partial charge in [-0.3, -0.25) is 4.79 Å². The number of hydrogen-bond donors (Lipinski definition) is 0. The van der Waals surface area contributed by atoms with Gasteiger partial charge in [0.05, 0.1) is 11.3 Å². The van der Waals surface area contributed by atoms with Crippen LogP contribution in [-0.2, 0) is 0 Å². The van der Waals surface area contributed by atoms with Crippen molar-refractivity contribution in [3.63, 3.8) is 0 Å². The molecule has 4 heteroatoms. The number of amides is 1. The summed E-state index contributed by atoms with van der Waals surface area (Å²) in [6.45, 7) is 1.58. The summed E-state index contributed by atoms with van der Waals surface area (Å²) >= 11 is 0. The molecule has 0 heterocycles. The maximum Gasteiger partial charge on any atom is 0.261 e. The van der Waals surface area contributed by atoms with E-state index in [1.807, 2.05) is 0 Å². The maximum atomic E-state index is 13.9. The number of rotatable bonds is 2. The van der Waals surface area contributed by atoms with Crippen molar-refractivity contribution in [2.75, 3.05) is 11.9 Å². The smallest absolute Gasteiger partial charge is 0.261 e. The van der Waals surface area contributed by atoms with Crippen molar-refractivity contribution < 1.29 is 13.6 Å². The average molecular weight is 261 g/mol. The van der Waals surface area contributed by atoms with E-state index in [9.17, 15) is 13.6 Å². The fourth-order valence-corrected chi connectivity index (χ4v) is 1.83. The van der Waals surface area contributed by atoms with E-state index in [-0.39, 0.29) is 11.3 Å². The third-order valence-electron chi connectivity index (χ3n) is 2.94. The van der Waals surface area contributed by atoms with Crippen LogP contribution in [0.25, 0.3) is 0 Å². The zero-order valence-corrected chi connectivity index (χ0v) is 10.7. The largest absolute Gasteiger partial charge is 0.309 e. The summed E-state index contributed by atoms with van der Waals surface area (Å²) in [5, 5.41) is 0. The van der Waals surface area contributed by atoms with E-state index in [0.717, 1.165) is 4.90 Å². The van der Waals surface area contributed by atoms with Gasteiger partial charge in [0, 0.05) is 7.05 Å². The second-order valence-electron chi connectivity index (χ2n) is 4.25. The lowest BCUT2D eigenvalue weighted by Gasteiger charge is -2.18. The summed E-state index contributed by atoms with van der Waals surface area (Å²) in [5.74, 6) is -1.67. The minimum atomic E-state index is -0.577. The first-order chi connectivity index (χ1) is 9.02. The van der Waals surface area contributed by atoms with E-state index in [0.29, 0.717) is 5.56 Å². The Morgan fingerprint density at radius 2 is 1.74 bits per heavy atom. The van der Waals surface area contributed by atoms with Crippen LogP contribution < -0.4 is 4.90 Å². The molecule has 0 spiro atoms. The van der Waals surface area contributed by atoms with Gasteiger partial charge in [0.15, 0.2) is 0 Å². The number of aryl methyl sites for hydroxylation is 1. The molecule has 0 aliphatic heterocycles. The number of carbonyl (C=O) groups excluding carboxylic acids is 1. The molecule has 0 aliphatic carbocycles. The van der Waals surface area contributed by atoms with Crippen molar-refractivity contribution in [1.29, 1.82) is 0 Å². The second-order valence-corrected chi connectivity index (χ2v) is 4.25. The lowest BCUT2D eigenvalue weighted by molar-refractivity contribution is 0.0988. The predicted molar refractivity (Wildman–Crippen MR) is 70.3 cm³/mol. The van der Waals surface area contributed by atoms with E-state index in [2.05, 4.69) is 0 Å². The van der Waals surface area contributed by atoms with Gasteiger partial charge in [-0.05, 0) is 30.7 Å². The molecule has 2 rings (SSSR count). The Hall–Kier alpha value is -2.23. The molecule has 0 radical (unpaired) electrons. The normalized spacial score (nSPS) is 10.3. The summed E-state index contributed by atoms with van der Waals surface area (Å²) in [7, 11) is 1.42. The topological polar surface area (TPSA) is 20.3 Å². The molecule has 2 nitrogen and oxygen atoms in total. The first kappa shape index (κ1) is 13.2. The van der Waals surface area contributed by atoms with Crippen LogP contribution in [-0.4, -0.2) is 13.0 Å². The van der Waals surface area contributed by atoms with E-state index >= 15 is 0 Å². The zero-order valence-electron chi connectivity index (χ0n) is 10.7. The minimum absolute atomic E-state index is 0.0641. The summed E-state index contributed by atoms with van der Waals surface area (Å²) in [4.78, 5) is 13.3. The Morgan fingerprint density at radius 3 is 2.42 bits per heavy atom. The van der Waals surface area contributed by atoms with Crippen LogP contribution in [0.2, 0.25) is 0 Å². The Bertz CT molecular complexity index is 625. The van der Waals surface area contributed by atoms with Gasteiger partial charge in [0.2, 0.25) is 0 Å². The molecule has 0 unspecified atom stereocenters. The minimum Gasteiger partial charge on any atom is -0.309 e. The van der Waals surface area contributed by atoms with Gasteiger partial charge in [0.1, 0.15) is 11.6 Å². The van der Waals surface area contributed by atoms with Gasteiger partial charge in [0.25, 0.3) is 5.91 Å². The molecule has 98 valence electrons. The van der Waals surface area contributed by atoms with Crippen LogP contribution in [0, 0.1) is 18.6 Å². The van der Waals surface area contributed by atoms with Crippen molar-refractivity contribution in [3.8, 4) is 0 Å². The standard InChI is InChI=1S/C15H13F2NO/c1-10-6-5-7-11(14(10)17)15(19)18(2)13-9-4-3-8-12(13)16/h3-9H,1-2H3. The van der Waals surface area contributed by atoms with E-state index in [4.69, 9.17) is 0 Å².